The van der Waals surface area contributed by atoms with E-state index in [2.05, 4.69) is 31.2 Å². The monoisotopic (exact) mass is 311 g/mol. The summed E-state index contributed by atoms with van der Waals surface area (Å²) in [5, 5.41) is 11.8. The van der Waals surface area contributed by atoms with E-state index in [-0.39, 0.29) is 24.5 Å². The molecule has 0 amide bonds. The number of halogens is 1. The average molecular weight is 312 g/mol. The van der Waals surface area contributed by atoms with Gasteiger partial charge in [0.15, 0.2) is 0 Å². The highest BCUT2D eigenvalue weighted by Gasteiger charge is 2.04. The summed E-state index contributed by atoms with van der Waals surface area (Å²) in [7, 11) is 0. The van der Waals surface area contributed by atoms with Crippen LogP contribution in [-0.4, -0.2) is 27.6 Å². The molecule has 0 spiro atoms. The summed E-state index contributed by atoms with van der Waals surface area (Å²) >= 11 is 3.28. The largest absolute Gasteiger partial charge is 0.481 e. The normalized spacial score (nSPS) is 10.5. The van der Waals surface area contributed by atoms with E-state index in [1.807, 2.05) is 0 Å². The van der Waals surface area contributed by atoms with Gasteiger partial charge in [-0.15, -0.1) is 0 Å². The molecule has 0 saturated heterocycles. The first-order valence-corrected chi connectivity index (χ1v) is 6.01. The van der Waals surface area contributed by atoms with Gasteiger partial charge in [0.1, 0.15) is 0 Å². The van der Waals surface area contributed by atoms with Crippen LogP contribution in [-0.2, 0) is 4.79 Å². The van der Waals surface area contributed by atoms with E-state index in [0.717, 1.165) is 4.47 Å². The molecule has 0 fully saturated rings. The third-order valence-electron chi connectivity index (χ3n) is 2.31. The smallest absolute Gasteiger partial charge is 0.305 e. The molecule has 0 aliphatic heterocycles. The Kier molecular flexibility index (Phi) is 3.61. The molecule has 0 aliphatic rings. The number of nitrogens with one attached hydrogen (secondary N) is 2. The van der Waals surface area contributed by atoms with Crippen LogP contribution in [0.5, 0.6) is 0 Å². The van der Waals surface area contributed by atoms with E-state index in [1.165, 1.54) is 0 Å². The number of carboxylic acids is 1. The number of carboxylic acid groups (broad SMARTS) is 1. The average Bonchev–Trinajstić information content (AvgIpc) is 2.30. The SMILES string of the molecule is O=C(O)CCNc1nc(=O)c2cc(Br)ccc2[nH]1. The molecule has 0 saturated carbocycles. The molecule has 2 rings (SSSR count). The molecule has 1 aromatic carbocycles. The lowest BCUT2D eigenvalue weighted by Crippen LogP contribution is -2.15. The van der Waals surface area contributed by atoms with Crippen LogP contribution in [0.15, 0.2) is 27.5 Å². The maximum absolute atomic E-state index is 11.7. The third-order valence-corrected chi connectivity index (χ3v) is 2.80. The quantitative estimate of drug-likeness (QED) is 0.796. The number of benzene rings is 1. The molecule has 0 atom stereocenters. The molecule has 0 bridgehead atoms. The molecule has 0 aliphatic carbocycles. The Hall–Kier alpha value is -1.89. The maximum atomic E-state index is 11.7. The van der Waals surface area contributed by atoms with Crippen LogP contribution in [0, 0.1) is 0 Å². The van der Waals surface area contributed by atoms with E-state index in [0.29, 0.717) is 10.9 Å². The zero-order valence-corrected chi connectivity index (χ0v) is 10.8. The number of aliphatic carboxylic acids is 1. The third kappa shape index (κ3) is 2.86. The number of aromatic amines is 1. The van der Waals surface area contributed by atoms with Crippen molar-refractivity contribution in [2.75, 3.05) is 11.9 Å². The fourth-order valence-corrected chi connectivity index (χ4v) is 1.85. The summed E-state index contributed by atoms with van der Waals surface area (Å²) in [5.74, 6) is -0.634. The first kappa shape index (κ1) is 12.6. The lowest BCUT2D eigenvalue weighted by atomic mass is 10.2. The number of hydrogen-bond donors (Lipinski definition) is 3. The van der Waals surface area contributed by atoms with Crippen LogP contribution in [0.4, 0.5) is 5.95 Å². The molecular weight excluding hydrogens is 302 g/mol. The Bertz CT molecular complexity index is 654. The van der Waals surface area contributed by atoms with Crippen molar-refractivity contribution in [3.05, 3.63) is 33.0 Å². The summed E-state index contributed by atoms with van der Waals surface area (Å²) < 4.78 is 0.800. The Morgan fingerprint density at radius 3 is 3.00 bits per heavy atom. The number of anilines is 1. The second-order valence-corrected chi connectivity index (χ2v) is 4.57. The van der Waals surface area contributed by atoms with Crippen LogP contribution in [0.3, 0.4) is 0 Å². The standard InChI is InChI=1S/C11H10BrN3O3/c12-6-1-2-8-7(5-6)10(18)15-11(14-8)13-4-3-9(16)17/h1-2,5H,3-4H2,(H,16,17)(H2,13,14,15,18). The highest BCUT2D eigenvalue weighted by atomic mass is 79.9. The van der Waals surface area contributed by atoms with Crippen molar-refractivity contribution in [2.24, 2.45) is 0 Å². The van der Waals surface area contributed by atoms with Gasteiger partial charge in [0.2, 0.25) is 5.95 Å². The minimum atomic E-state index is -0.908. The molecule has 6 nitrogen and oxygen atoms in total. The number of rotatable bonds is 4. The first-order valence-electron chi connectivity index (χ1n) is 5.21. The Morgan fingerprint density at radius 1 is 1.50 bits per heavy atom. The van der Waals surface area contributed by atoms with Crippen molar-refractivity contribution in [1.82, 2.24) is 9.97 Å². The number of fused-ring (bicyclic) bond motifs is 1. The van der Waals surface area contributed by atoms with Crippen molar-refractivity contribution in [2.45, 2.75) is 6.42 Å². The van der Waals surface area contributed by atoms with Gasteiger partial charge in [-0.25, -0.2) is 0 Å². The molecule has 0 unspecified atom stereocenters. The van der Waals surface area contributed by atoms with E-state index in [4.69, 9.17) is 5.11 Å². The number of nitrogens with zero attached hydrogens (tertiary/aromatic N) is 1. The molecular formula is C11H10BrN3O3. The molecule has 18 heavy (non-hydrogen) atoms. The van der Waals surface area contributed by atoms with Gasteiger partial charge in [0, 0.05) is 11.0 Å². The highest BCUT2D eigenvalue weighted by Crippen LogP contribution is 2.15. The van der Waals surface area contributed by atoms with Crippen molar-refractivity contribution >= 4 is 38.8 Å². The van der Waals surface area contributed by atoms with Gasteiger partial charge in [-0.1, -0.05) is 15.9 Å². The fraction of sp³-hybridized carbons (Fsp3) is 0.182. The van der Waals surface area contributed by atoms with Crippen LogP contribution in [0.2, 0.25) is 0 Å². The van der Waals surface area contributed by atoms with Crippen LogP contribution < -0.4 is 10.9 Å². The summed E-state index contributed by atoms with van der Waals surface area (Å²) in [6, 6.07) is 5.24. The molecule has 2 aromatic rings. The second-order valence-electron chi connectivity index (χ2n) is 3.65. The van der Waals surface area contributed by atoms with E-state index >= 15 is 0 Å². The first-order chi connectivity index (χ1) is 8.56. The Morgan fingerprint density at radius 2 is 2.28 bits per heavy atom. The second kappa shape index (κ2) is 5.18. The van der Waals surface area contributed by atoms with Crippen molar-refractivity contribution < 1.29 is 9.90 Å². The van der Waals surface area contributed by atoms with Gasteiger partial charge < -0.3 is 15.4 Å². The van der Waals surface area contributed by atoms with E-state index in [9.17, 15) is 9.59 Å². The summed E-state index contributed by atoms with van der Waals surface area (Å²) in [5.41, 5.74) is 0.291. The Labute approximate surface area is 110 Å². The molecule has 3 N–H and O–H groups in total. The molecule has 7 heteroatoms. The van der Waals surface area contributed by atoms with Gasteiger partial charge in [-0.2, -0.15) is 4.98 Å². The summed E-state index contributed by atoms with van der Waals surface area (Å²) in [6.45, 7) is 0.209. The van der Waals surface area contributed by atoms with Gasteiger partial charge in [0.05, 0.1) is 17.3 Å². The predicted octanol–water partition coefficient (Wildman–Crippen LogP) is 1.57. The number of hydrogen-bond acceptors (Lipinski definition) is 4. The zero-order valence-electron chi connectivity index (χ0n) is 9.24. The lowest BCUT2D eigenvalue weighted by molar-refractivity contribution is -0.136. The van der Waals surface area contributed by atoms with Gasteiger partial charge in [-0.05, 0) is 18.2 Å². The van der Waals surface area contributed by atoms with Crippen LogP contribution >= 0.6 is 15.9 Å². The minimum Gasteiger partial charge on any atom is -0.481 e. The zero-order chi connectivity index (χ0) is 13.1. The molecule has 94 valence electrons. The minimum absolute atomic E-state index is 0.0396. The summed E-state index contributed by atoms with van der Waals surface area (Å²) in [4.78, 5) is 28.8. The van der Waals surface area contributed by atoms with Crippen molar-refractivity contribution in [3.8, 4) is 0 Å². The Balaban J connectivity index is 2.29. The summed E-state index contributed by atoms with van der Waals surface area (Å²) in [6.07, 6.45) is -0.0396. The van der Waals surface area contributed by atoms with Gasteiger partial charge >= 0.3 is 5.97 Å². The molecule has 1 aromatic heterocycles. The number of H-pyrrole nitrogens is 1. The maximum Gasteiger partial charge on any atom is 0.305 e. The van der Waals surface area contributed by atoms with E-state index in [1.54, 1.807) is 18.2 Å². The van der Waals surface area contributed by atoms with Crippen molar-refractivity contribution in [3.63, 3.8) is 0 Å². The highest BCUT2D eigenvalue weighted by molar-refractivity contribution is 9.10. The number of carbonyl (C=O) groups is 1. The van der Waals surface area contributed by atoms with E-state index < -0.39 is 5.97 Å². The van der Waals surface area contributed by atoms with Crippen LogP contribution in [0.25, 0.3) is 10.9 Å². The fourth-order valence-electron chi connectivity index (χ4n) is 1.49. The van der Waals surface area contributed by atoms with Gasteiger partial charge in [0.25, 0.3) is 5.56 Å². The van der Waals surface area contributed by atoms with Crippen LogP contribution in [0.1, 0.15) is 6.42 Å². The predicted molar refractivity (Wildman–Crippen MR) is 70.8 cm³/mol. The topological polar surface area (TPSA) is 95.1 Å². The lowest BCUT2D eigenvalue weighted by Gasteiger charge is -2.05. The molecule has 1 heterocycles. The molecule has 0 radical (unpaired) electrons. The van der Waals surface area contributed by atoms with Crippen molar-refractivity contribution in [1.29, 1.82) is 0 Å². The number of aromatic nitrogens is 2. The van der Waals surface area contributed by atoms with Gasteiger partial charge in [-0.3, -0.25) is 9.59 Å².